The summed E-state index contributed by atoms with van der Waals surface area (Å²) in [5.74, 6) is -2.37. The fraction of sp³-hybridized carbons (Fsp3) is 0.531. The Balaban J connectivity index is 1.47. The summed E-state index contributed by atoms with van der Waals surface area (Å²) < 4.78 is 11.5. The molecule has 2 aliphatic heterocycles. The third-order valence-corrected chi connectivity index (χ3v) is 8.15. The lowest BCUT2D eigenvalue weighted by atomic mass is 9.79. The number of pyridine rings is 1. The van der Waals surface area contributed by atoms with Gasteiger partial charge in [-0.2, -0.15) is 0 Å². The number of esters is 1. The monoisotopic (exact) mass is 593 g/mol. The summed E-state index contributed by atoms with van der Waals surface area (Å²) in [6, 6.07) is 8.49. The number of hydrogen-bond acceptors (Lipinski definition) is 8. The van der Waals surface area contributed by atoms with Crippen molar-refractivity contribution in [1.82, 2.24) is 20.7 Å². The van der Waals surface area contributed by atoms with Crippen LogP contribution >= 0.6 is 0 Å². The Morgan fingerprint density at radius 3 is 2.58 bits per heavy atom. The number of nitrogens with one attached hydrogen (secondary N) is 2. The largest absolute Gasteiger partial charge is 0.451 e. The quantitative estimate of drug-likeness (QED) is 0.356. The first kappa shape index (κ1) is 32.1. The summed E-state index contributed by atoms with van der Waals surface area (Å²) >= 11 is 0. The van der Waals surface area contributed by atoms with Gasteiger partial charge in [0, 0.05) is 30.8 Å². The molecule has 0 bridgehead atoms. The maximum Gasteiger partial charge on any atom is 0.316 e. The number of hydrazine groups is 1. The zero-order valence-corrected chi connectivity index (χ0v) is 25.4. The SMILES string of the molecule is CCc1ccc2ccc(/C=C/C3(C(=O)O[C@H](C(=O)N[C@@H](C)C(=O)N4CCC[C@@H](C(N)=O)N4)C(C)C)CCOCC3)cc2n1. The second-order valence-electron chi connectivity index (χ2n) is 11.7. The number of fused-ring (bicyclic) bond motifs is 1. The summed E-state index contributed by atoms with van der Waals surface area (Å²) in [4.78, 5) is 56.4. The van der Waals surface area contributed by atoms with Crippen LogP contribution in [0, 0.1) is 11.3 Å². The molecule has 3 heterocycles. The molecule has 4 rings (SSSR count). The van der Waals surface area contributed by atoms with Gasteiger partial charge >= 0.3 is 5.97 Å². The number of rotatable bonds is 10. The Kier molecular flexibility index (Phi) is 10.5. The van der Waals surface area contributed by atoms with Gasteiger partial charge in [0.25, 0.3) is 11.8 Å². The summed E-state index contributed by atoms with van der Waals surface area (Å²) in [5.41, 5.74) is 10.1. The molecule has 11 heteroatoms. The summed E-state index contributed by atoms with van der Waals surface area (Å²) in [5, 5.41) is 5.05. The van der Waals surface area contributed by atoms with E-state index in [1.807, 2.05) is 36.4 Å². The highest BCUT2D eigenvalue weighted by Crippen LogP contribution is 2.35. The van der Waals surface area contributed by atoms with Gasteiger partial charge in [-0.15, -0.1) is 0 Å². The molecular formula is C32H43N5O6. The van der Waals surface area contributed by atoms with E-state index in [1.165, 1.54) is 5.01 Å². The minimum Gasteiger partial charge on any atom is -0.451 e. The van der Waals surface area contributed by atoms with Gasteiger partial charge in [0.1, 0.15) is 12.1 Å². The molecule has 0 spiro atoms. The topological polar surface area (TPSA) is 153 Å². The van der Waals surface area contributed by atoms with Gasteiger partial charge in [0.05, 0.1) is 10.9 Å². The maximum absolute atomic E-state index is 13.8. The Bertz CT molecular complexity index is 1370. The Labute approximate surface area is 252 Å². The first-order valence-corrected chi connectivity index (χ1v) is 15.1. The van der Waals surface area contributed by atoms with Gasteiger partial charge < -0.3 is 20.5 Å². The molecule has 2 aliphatic rings. The lowest BCUT2D eigenvalue weighted by Crippen LogP contribution is -2.60. The fourth-order valence-corrected chi connectivity index (χ4v) is 5.37. The van der Waals surface area contributed by atoms with Crippen LogP contribution in [0.4, 0.5) is 0 Å². The van der Waals surface area contributed by atoms with Crippen molar-refractivity contribution in [3.05, 3.63) is 47.7 Å². The van der Waals surface area contributed by atoms with Crippen LogP contribution in [-0.2, 0) is 35.1 Å². The normalized spacial score (nSPS) is 20.1. The van der Waals surface area contributed by atoms with E-state index in [4.69, 9.17) is 20.2 Å². The molecular weight excluding hydrogens is 550 g/mol. The number of primary amides is 1. The van der Waals surface area contributed by atoms with Crippen LogP contribution in [0.3, 0.4) is 0 Å². The van der Waals surface area contributed by atoms with E-state index in [0.29, 0.717) is 45.4 Å². The van der Waals surface area contributed by atoms with Gasteiger partial charge in [-0.25, -0.2) is 5.43 Å². The summed E-state index contributed by atoms with van der Waals surface area (Å²) in [6.07, 6.45) is 5.46. The number of nitrogens with zero attached hydrogens (tertiary/aromatic N) is 2. The Morgan fingerprint density at radius 2 is 1.91 bits per heavy atom. The predicted octanol–water partition coefficient (Wildman–Crippen LogP) is 2.66. The molecule has 2 saturated heterocycles. The number of aromatic nitrogens is 1. The van der Waals surface area contributed by atoms with Crippen LogP contribution in [0.2, 0.25) is 0 Å². The number of carbonyl (C=O) groups excluding carboxylic acids is 4. The van der Waals surface area contributed by atoms with Crippen molar-refractivity contribution in [1.29, 1.82) is 0 Å². The number of benzene rings is 1. The standard InChI is InChI=1S/C32H43N5O6/c1-5-24-11-10-23-9-8-22(19-26(23)35-24)12-13-32(14-17-42-18-15-32)31(41)43-27(20(2)3)29(39)34-21(4)30(40)37-16-6-7-25(36-37)28(33)38/h8-13,19-21,25,27,36H,5-7,14-18H2,1-4H3,(H2,33,38)(H,34,39)/b13-12+/t21-,25-,27-/m0/s1. The first-order chi connectivity index (χ1) is 20.5. The Morgan fingerprint density at radius 1 is 1.19 bits per heavy atom. The lowest BCUT2D eigenvalue weighted by molar-refractivity contribution is -0.170. The van der Waals surface area contributed by atoms with Crippen molar-refractivity contribution < 1.29 is 28.7 Å². The molecule has 3 atom stereocenters. The number of hydrogen-bond donors (Lipinski definition) is 3. The minimum absolute atomic E-state index is 0.348. The average molecular weight is 594 g/mol. The van der Waals surface area contributed by atoms with Gasteiger partial charge in [0.15, 0.2) is 6.10 Å². The number of nitrogens with two attached hydrogens (primary N) is 1. The molecule has 0 unspecified atom stereocenters. The smallest absolute Gasteiger partial charge is 0.316 e. The third kappa shape index (κ3) is 7.77. The second kappa shape index (κ2) is 14.1. The van der Waals surface area contributed by atoms with E-state index in [2.05, 4.69) is 23.7 Å². The minimum atomic E-state index is -1.11. The van der Waals surface area contributed by atoms with E-state index >= 15 is 0 Å². The second-order valence-corrected chi connectivity index (χ2v) is 11.7. The predicted molar refractivity (Wildman–Crippen MR) is 162 cm³/mol. The van der Waals surface area contributed by atoms with E-state index in [9.17, 15) is 19.2 Å². The number of amides is 3. The van der Waals surface area contributed by atoms with Gasteiger partial charge in [0.2, 0.25) is 5.91 Å². The van der Waals surface area contributed by atoms with Crippen LogP contribution in [0.5, 0.6) is 0 Å². The molecule has 0 radical (unpaired) electrons. The molecule has 2 fully saturated rings. The van der Waals surface area contributed by atoms with Crippen LogP contribution in [0.15, 0.2) is 36.4 Å². The Hall–Kier alpha value is -3.83. The van der Waals surface area contributed by atoms with Gasteiger partial charge in [-0.3, -0.25) is 29.2 Å². The number of carbonyl (C=O) groups is 4. The molecule has 43 heavy (non-hydrogen) atoms. The van der Waals surface area contributed by atoms with Crippen LogP contribution < -0.4 is 16.5 Å². The molecule has 0 saturated carbocycles. The van der Waals surface area contributed by atoms with Crippen molar-refractivity contribution >= 4 is 40.7 Å². The highest BCUT2D eigenvalue weighted by atomic mass is 16.6. The molecule has 4 N–H and O–H groups in total. The maximum atomic E-state index is 13.8. The molecule has 11 nitrogen and oxygen atoms in total. The molecule has 2 aromatic rings. The zero-order valence-electron chi connectivity index (χ0n) is 25.4. The van der Waals surface area contributed by atoms with Crippen LogP contribution in [0.1, 0.15) is 64.6 Å². The lowest BCUT2D eigenvalue weighted by Gasteiger charge is -2.35. The van der Waals surface area contributed by atoms with E-state index in [1.54, 1.807) is 20.8 Å². The van der Waals surface area contributed by atoms with Crippen molar-refractivity contribution in [3.63, 3.8) is 0 Å². The molecule has 1 aromatic heterocycles. The fourth-order valence-electron chi connectivity index (χ4n) is 5.37. The van der Waals surface area contributed by atoms with Crippen molar-refractivity contribution in [2.75, 3.05) is 19.8 Å². The van der Waals surface area contributed by atoms with E-state index in [0.717, 1.165) is 28.6 Å². The molecule has 0 aliphatic carbocycles. The first-order valence-electron chi connectivity index (χ1n) is 15.1. The zero-order chi connectivity index (χ0) is 31.1. The molecule has 232 valence electrons. The average Bonchev–Trinajstić information content (AvgIpc) is 3.01. The van der Waals surface area contributed by atoms with Crippen molar-refractivity contribution in [2.45, 2.75) is 78.0 Å². The van der Waals surface area contributed by atoms with Gasteiger partial charge in [-0.1, -0.05) is 51.1 Å². The van der Waals surface area contributed by atoms with Crippen molar-refractivity contribution in [3.8, 4) is 0 Å². The van der Waals surface area contributed by atoms with Crippen molar-refractivity contribution in [2.24, 2.45) is 17.1 Å². The van der Waals surface area contributed by atoms with Gasteiger partial charge in [-0.05, 0) is 62.6 Å². The molecule has 3 amide bonds. The van der Waals surface area contributed by atoms with Crippen LogP contribution in [-0.4, -0.2) is 71.6 Å². The molecule has 1 aromatic carbocycles. The summed E-state index contributed by atoms with van der Waals surface area (Å²) in [7, 11) is 0. The van der Waals surface area contributed by atoms with Crippen LogP contribution in [0.25, 0.3) is 17.0 Å². The van der Waals surface area contributed by atoms with E-state index in [-0.39, 0.29) is 5.92 Å². The number of aryl methyl sites for hydroxylation is 1. The van der Waals surface area contributed by atoms with E-state index < -0.39 is 47.3 Å². The highest BCUT2D eigenvalue weighted by molar-refractivity contribution is 5.91. The summed E-state index contributed by atoms with van der Waals surface area (Å²) in [6.45, 7) is 8.35. The third-order valence-electron chi connectivity index (χ3n) is 8.15. The highest BCUT2D eigenvalue weighted by Gasteiger charge is 2.42. The number of ether oxygens (including phenoxy) is 2.